The number of halogens is 1. The first kappa shape index (κ1) is 9.91. The molecule has 0 unspecified atom stereocenters. The molecule has 0 N–H and O–H groups in total. The maximum atomic E-state index is 4.11. The van der Waals surface area contributed by atoms with Crippen molar-refractivity contribution < 1.29 is 0 Å². The van der Waals surface area contributed by atoms with Crippen molar-refractivity contribution in [3.63, 3.8) is 0 Å². The number of fused-ring (bicyclic) bond motifs is 1. The molecule has 2 rings (SSSR count). The lowest BCUT2D eigenvalue weighted by atomic mass is 10.6. The largest absolute Gasteiger partial charge is 0.346 e. The van der Waals surface area contributed by atoms with Crippen molar-refractivity contribution in [1.82, 2.24) is 19.8 Å². The van der Waals surface area contributed by atoms with Gasteiger partial charge in [-0.2, -0.15) is 9.61 Å². The van der Waals surface area contributed by atoms with Gasteiger partial charge in [-0.3, -0.25) is 0 Å². The SMILES string of the molecule is Br.CN(C)c1nnc2cccnn12. The van der Waals surface area contributed by atoms with Crippen LogP contribution < -0.4 is 4.90 Å². The van der Waals surface area contributed by atoms with Crippen molar-refractivity contribution in [3.8, 4) is 0 Å². The van der Waals surface area contributed by atoms with Gasteiger partial charge in [0.2, 0.25) is 5.95 Å². The summed E-state index contributed by atoms with van der Waals surface area (Å²) in [6.07, 6.45) is 1.71. The molecule has 2 heterocycles. The first-order valence-corrected chi connectivity index (χ1v) is 3.63. The van der Waals surface area contributed by atoms with E-state index >= 15 is 0 Å². The fraction of sp³-hybridized carbons (Fsp3) is 0.286. The van der Waals surface area contributed by atoms with Gasteiger partial charge in [0.05, 0.1) is 0 Å². The second-order valence-corrected chi connectivity index (χ2v) is 2.69. The van der Waals surface area contributed by atoms with Crippen LogP contribution in [0, 0.1) is 0 Å². The van der Waals surface area contributed by atoms with Gasteiger partial charge in [-0.1, -0.05) is 0 Å². The molecule has 0 amide bonds. The van der Waals surface area contributed by atoms with Gasteiger partial charge in [0, 0.05) is 20.3 Å². The van der Waals surface area contributed by atoms with Crippen molar-refractivity contribution in [3.05, 3.63) is 18.3 Å². The van der Waals surface area contributed by atoms with Gasteiger partial charge in [0.15, 0.2) is 5.65 Å². The predicted molar refractivity (Wildman–Crippen MR) is 55.4 cm³/mol. The molecule has 0 saturated heterocycles. The zero-order valence-electron chi connectivity index (χ0n) is 7.38. The molecule has 0 aliphatic rings. The van der Waals surface area contributed by atoms with E-state index in [1.54, 1.807) is 10.7 Å². The van der Waals surface area contributed by atoms with E-state index < -0.39 is 0 Å². The standard InChI is InChI=1S/C7H9N5.BrH/c1-11(2)7-10-9-6-4-3-5-8-12(6)7;/h3-5H,1-2H3;1H. The Morgan fingerprint density at radius 3 is 2.77 bits per heavy atom. The molecule has 2 aromatic heterocycles. The van der Waals surface area contributed by atoms with E-state index in [2.05, 4.69) is 15.3 Å². The molecule has 0 aromatic carbocycles. The Bertz CT molecular complexity index is 396. The van der Waals surface area contributed by atoms with Crippen LogP contribution in [-0.2, 0) is 0 Å². The number of aromatic nitrogens is 4. The molecular formula is C7H10BrN5. The summed E-state index contributed by atoms with van der Waals surface area (Å²) in [6.45, 7) is 0. The molecule has 2 aromatic rings. The predicted octanol–water partition coefficient (Wildman–Crippen LogP) is 0.768. The highest BCUT2D eigenvalue weighted by Gasteiger charge is 2.05. The summed E-state index contributed by atoms with van der Waals surface area (Å²) in [6, 6.07) is 3.70. The maximum Gasteiger partial charge on any atom is 0.248 e. The zero-order chi connectivity index (χ0) is 8.55. The Morgan fingerprint density at radius 1 is 1.31 bits per heavy atom. The van der Waals surface area contributed by atoms with Gasteiger partial charge in [-0.05, 0) is 12.1 Å². The molecule has 6 heteroatoms. The quantitative estimate of drug-likeness (QED) is 0.743. The average molecular weight is 244 g/mol. The van der Waals surface area contributed by atoms with Crippen molar-refractivity contribution in [2.75, 3.05) is 19.0 Å². The molecule has 0 aliphatic carbocycles. The van der Waals surface area contributed by atoms with Crippen LogP contribution in [0.3, 0.4) is 0 Å². The number of nitrogens with zero attached hydrogens (tertiary/aromatic N) is 5. The lowest BCUT2D eigenvalue weighted by Crippen LogP contribution is -2.13. The molecule has 13 heavy (non-hydrogen) atoms. The van der Waals surface area contributed by atoms with Crippen molar-refractivity contribution in [2.24, 2.45) is 0 Å². The van der Waals surface area contributed by atoms with Crippen LogP contribution in [0.1, 0.15) is 0 Å². The number of hydrogen-bond acceptors (Lipinski definition) is 4. The smallest absolute Gasteiger partial charge is 0.248 e. The Hall–Kier alpha value is -1.17. The molecule has 0 spiro atoms. The van der Waals surface area contributed by atoms with E-state index in [9.17, 15) is 0 Å². The summed E-state index contributed by atoms with van der Waals surface area (Å²) < 4.78 is 1.69. The monoisotopic (exact) mass is 243 g/mol. The number of hydrogen-bond donors (Lipinski definition) is 0. The van der Waals surface area contributed by atoms with E-state index in [0.717, 1.165) is 11.6 Å². The topological polar surface area (TPSA) is 46.3 Å². The normalized spacial score (nSPS) is 9.69. The summed E-state index contributed by atoms with van der Waals surface area (Å²) >= 11 is 0. The summed E-state index contributed by atoms with van der Waals surface area (Å²) in [4.78, 5) is 1.87. The van der Waals surface area contributed by atoms with E-state index in [0.29, 0.717) is 0 Å². The minimum atomic E-state index is 0. The van der Waals surface area contributed by atoms with E-state index in [-0.39, 0.29) is 17.0 Å². The highest BCUT2D eigenvalue weighted by Crippen LogP contribution is 2.06. The van der Waals surface area contributed by atoms with E-state index in [1.807, 2.05) is 31.1 Å². The van der Waals surface area contributed by atoms with Crippen LogP contribution >= 0.6 is 17.0 Å². The first-order valence-electron chi connectivity index (χ1n) is 3.63. The molecule has 0 bridgehead atoms. The van der Waals surface area contributed by atoms with Crippen LogP contribution in [0.4, 0.5) is 5.95 Å². The van der Waals surface area contributed by atoms with Gasteiger partial charge in [-0.15, -0.1) is 27.2 Å². The molecule has 0 atom stereocenters. The van der Waals surface area contributed by atoms with Crippen LogP contribution in [-0.4, -0.2) is 33.9 Å². The average Bonchev–Trinajstić information content (AvgIpc) is 2.47. The molecule has 0 aliphatic heterocycles. The van der Waals surface area contributed by atoms with Gasteiger partial charge in [-0.25, -0.2) is 0 Å². The van der Waals surface area contributed by atoms with Gasteiger partial charge in [0.25, 0.3) is 0 Å². The Balaban J connectivity index is 0.000000845. The molecule has 0 saturated carbocycles. The van der Waals surface area contributed by atoms with E-state index in [1.165, 1.54) is 0 Å². The third-order valence-corrected chi connectivity index (χ3v) is 1.56. The minimum Gasteiger partial charge on any atom is -0.346 e. The van der Waals surface area contributed by atoms with Gasteiger partial charge in [0.1, 0.15) is 0 Å². The van der Waals surface area contributed by atoms with Crippen molar-refractivity contribution in [2.45, 2.75) is 0 Å². The highest BCUT2D eigenvalue weighted by atomic mass is 79.9. The van der Waals surface area contributed by atoms with Crippen LogP contribution in [0.2, 0.25) is 0 Å². The lowest BCUT2D eigenvalue weighted by molar-refractivity contribution is 0.880. The molecule has 5 nitrogen and oxygen atoms in total. The van der Waals surface area contributed by atoms with Crippen molar-refractivity contribution in [1.29, 1.82) is 0 Å². The van der Waals surface area contributed by atoms with E-state index in [4.69, 9.17) is 0 Å². The lowest BCUT2D eigenvalue weighted by Gasteiger charge is -2.06. The molecule has 0 fully saturated rings. The molecule has 70 valence electrons. The summed E-state index contributed by atoms with van der Waals surface area (Å²) in [5, 5.41) is 12.0. The molecule has 0 radical (unpaired) electrons. The fourth-order valence-corrected chi connectivity index (χ4v) is 1.01. The van der Waals surface area contributed by atoms with Gasteiger partial charge < -0.3 is 4.90 Å². The Kier molecular flexibility index (Phi) is 2.82. The second-order valence-electron chi connectivity index (χ2n) is 2.69. The van der Waals surface area contributed by atoms with Crippen LogP contribution in [0.25, 0.3) is 5.65 Å². The third kappa shape index (κ3) is 1.62. The summed E-state index contributed by atoms with van der Waals surface area (Å²) in [7, 11) is 3.82. The van der Waals surface area contributed by atoms with Gasteiger partial charge >= 0.3 is 0 Å². The Morgan fingerprint density at radius 2 is 2.08 bits per heavy atom. The summed E-state index contributed by atoms with van der Waals surface area (Å²) in [5.74, 6) is 0.741. The molecular weight excluding hydrogens is 234 g/mol. The van der Waals surface area contributed by atoms with Crippen LogP contribution in [0.5, 0.6) is 0 Å². The zero-order valence-corrected chi connectivity index (χ0v) is 9.09. The van der Waals surface area contributed by atoms with Crippen LogP contribution in [0.15, 0.2) is 18.3 Å². The maximum absolute atomic E-state index is 4.11. The second kappa shape index (κ2) is 3.69. The third-order valence-electron chi connectivity index (χ3n) is 1.56. The summed E-state index contributed by atoms with van der Waals surface area (Å²) in [5.41, 5.74) is 0.765. The number of anilines is 1. The number of rotatable bonds is 1. The fourth-order valence-electron chi connectivity index (χ4n) is 1.01. The minimum absolute atomic E-state index is 0. The highest BCUT2D eigenvalue weighted by molar-refractivity contribution is 8.93. The Labute approximate surface area is 86.1 Å². The first-order chi connectivity index (χ1) is 5.79. The van der Waals surface area contributed by atoms with Crippen molar-refractivity contribution >= 4 is 28.6 Å².